The zero-order valence-corrected chi connectivity index (χ0v) is 11.0. The van der Waals surface area contributed by atoms with Gasteiger partial charge in [0.15, 0.2) is 0 Å². The first-order chi connectivity index (χ1) is 9.61. The quantitative estimate of drug-likeness (QED) is 0.880. The molecule has 0 heterocycles. The summed E-state index contributed by atoms with van der Waals surface area (Å²) < 4.78 is 18.8. The molecule has 0 aliphatic rings. The topological polar surface area (TPSA) is 64.3 Å². The third-order valence-corrected chi connectivity index (χ3v) is 2.90. The second-order valence-electron chi connectivity index (χ2n) is 4.23. The van der Waals surface area contributed by atoms with E-state index in [-0.39, 0.29) is 5.56 Å². The molecule has 0 fully saturated rings. The van der Waals surface area contributed by atoms with Gasteiger partial charge in [-0.2, -0.15) is 0 Å². The fourth-order valence-corrected chi connectivity index (χ4v) is 1.87. The Morgan fingerprint density at radius 2 is 1.85 bits per heavy atom. The van der Waals surface area contributed by atoms with Crippen molar-refractivity contribution in [2.75, 3.05) is 12.4 Å². The Labute approximate surface area is 116 Å². The Morgan fingerprint density at radius 1 is 1.20 bits per heavy atom. The van der Waals surface area contributed by atoms with E-state index in [9.17, 15) is 9.18 Å². The van der Waals surface area contributed by atoms with Gasteiger partial charge >= 0.3 is 0 Å². The molecule has 5 heteroatoms. The van der Waals surface area contributed by atoms with Crippen LogP contribution in [0.3, 0.4) is 0 Å². The number of nitrogens with two attached hydrogens (primary N) is 1. The van der Waals surface area contributed by atoms with E-state index in [1.54, 1.807) is 43.5 Å². The number of anilines is 1. The molecule has 1 atom stereocenters. The van der Waals surface area contributed by atoms with Crippen molar-refractivity contribution in [2.45, 2.75) is 6.04 Å². The van der Waals surface area contributed by atoms with Crippen LogP contribution in [-0.4, -0.2) is 13.0 Å². The normalized spacial score (nSPS) is 11.7. The fourth-order valence-electron chi connectivity index (χ4n) is 1.87. The number of primary amides is 1. The number of carbonyl (C=O) groups is 1. The lowest BCUT2D eigenvalue weighted by molar-refractivity contribution is -0.118. The summed E-state index contributed by atoms with van der Waals surface area (Å²) in [4.78, 5) is 11.5. The molecule has 0 aliphatic carbocycles. The third kappa shape index (κ3) is 3.06. The molecule has 4 nitrogen and oxygen atoms in total. The van der Waals surface area contributed by atoms with E-state index in [0.29, 0.717) is 11.4 Å². The van der Waals surface area contributed by atoms with Crippen LogP contribution in [0.5, 0.6) is 5.75 Å². The highest BCUT2D eigenvalue weighted by Crippen LogP contribution is 2.23. The van der Waals surface area contributed by atoms with Gasteiger partial charge in [-0.3, -0.25) is 4.79 Å². The maximum absolute atomic E-state index is 13.8. The van der Waals surface area contributed by atoms with Gasteiger partial charge in [0.05, 0.1) is 7.11 Å². The zero-order valence-electron chi connectivity index (χ0n) is 11.0. The molecule has 0 aromatic heterocycles. The molecule has 0 spiro atoms. The lowest BCUT2D eigenvalue weighted by atomic mass is 10.1. The number of rotatable bonds is 5. The van der Waals surface area contributed by atoms with Gasteiger partial charge in [-0.15, -0.1) is 0 Å². The second-order valence-corrected chi connectivity index (χ2v) is 4.23. The largest absolute Gasteiger partial charge is 0.497 e. The minimum atomic E-state index is -0.926. The average Bonchev–Trinajstić information content (AvgIpc) is 2.46. The van der Waals surface area contributed by atoms with Crippen molar-refractivity contribution in [3.8, 4) is 5.75 Å². The Hall–Kier alpha value is -2.56. The predicted octanol–water partition coefficient (Wildman–Crippen LogP) is 2.47. The molecule has 1 amide bonds. The molecule has 0 saturated carbocycles. The van der Waals surface area contributed by atoms with Gasteiger partial charge in [0, 0.05) is 11.3 Å². The van der Waals surface area contributed by atoms with Crippen molar-refractivity contribution < 1.29 is 13.9 Å². The highest BCUT2D eigenvalue weighted by atomic mass is 19.1. The summed E-state index contributed by atoms with van der Waals surface area (Å²) in [6.07, 6.45) is 0. The van der Waals surface area contributed by atoms with Crippen molar-refractivity contribution in [1.82, 2.24) is 0 Å². The summed E-state index contributed by atoms with van der Waals surface area (Å²) in [6, 6.07) is 12.1. The van der Waals surface area contributed by atoms with E-state index in [1.807, 2.05) is 0 Å². The lowest BCUT2D eigenvalue weighted by Crippen LogP contribution is -2.28. The van der Waals surface area contributed by atoms with E-state index < -0.39 is 17.8 Å². The minimum Gasteiger partial charge on any atom is -0.497 e. The molecule has 2 aromatic carbocycles. The van der Waals surface area contributed by atoms with Gasteiger partial charge in [-0.1, -0.05) is 18.2 Å². The predicted molar refractivity (Wildman–Crippen MR) is 75.0 cm³/mol. The van der Waals surface area contributed by atoms with E-state index >= 15 is 0 Å². The SMILES string of the molecule is COc1ccc(NC(C(N)=O)c2ccccc2F)cc1. The van der Waals surface area contributed by atoms with Crippen molar-refractivity contribution in [2.24, 2.45) is 5.73 Å². The molecule has 104 valence electrons. The Bertz CT molecular complexity index is 599. The molecular weight excluding hydrogens is 259 g/mol. The summed E-state index contributed by atoms with van der Waals surface area (Å²) in [7, 11) is 1.56. The smallest absolute Gasteiger partial charge is 0.244 e. The monoisotopic (exact) mass is 274 g/mol. The standard InChI is InChI=1S/C15H15FN2O2/c1-20-11-8-6-10(7-9-11)18-14(15(17)19)12-4-2-3-5-13(12)16/h2-9,14,18H,1H3,(H2,17,19). The Morgan fingerprint density at radius 3 is 2.40 bits per heavy atom. The average molecular weight is 274 g/mol. The maximum Gasteiger partial charge on any atom is 0.244 e. The Kier molecular flexibility index (Phi) is 4.20. The highest BCUT2D eigenvalue weighted by molar-refractivity contribution is 5.84. The van der Waals surface area contributed by atoms with Gasteiger partial charge in [0.2, 0.25) is 5.91 Å². The van der Waals surface area contributed by atoms with Crippen LogP contribution < -0.4 is 15.8 Å². The Balaban J connectivity index is 2.26. The molecule has 20 heavy (non-hydrogen) atoms. The molecule has 0 saturated heterocycles. The number of carbonyl (C=O) groups excluding carboxylic acids is 1. The van der Waals surface area contributed by atoms with E-state index in [0.717, 1.165) is 0 Å². The van der Waals surface area contributed by atoms with Crippen molar-refractivity contribution in [3.63, 3.8) is 0 Å². The van der Waals surface area contributed by atoms with Crippen molar-refractivity contribution in [1.29, 1.82) is 0 Å². The molecule has 0 bridgehead atoms. The van der Waals surface area contributed by atoms with Crippen LogP contribution in [0.2, 0.25) is 0 Å². The molecule has 3 N–H and O–H groups in total. The summed E-state index contributed by atoms with van der Waals surface area (Å²) in [6.45, 7) is 0. The summed E-state index contributed by atoms with van der Waals surface area (Å²) in [5.74, 6) is -0.430. The van der Waals surface area contributed by atoms with Gasteiger partial charge in [-0.25, -0.2) is 4.39 Å². The summed E-state index contributed by atoms with van der Waals surface area (Å²) in [5.41, 5.74) is 6.22. The number of methoxy groups -OCH3 is 1. The van der Waals surface area contributed by atoms with E-state index in [2.05, 4.69) is 5.32 Å². The first kappa shape index (κ1) is 13.9. The fraction of sp³-hybridized carbons (Fsp3) is 0.133. The van der Waals surface area contributed by atoms with Gasteiger partial charge in [-0.05, 0) is 30.3 Å². The minimum absolute atomic E-state index is 0.218. The number of ether oxygens (including phenoxy) is 1. The second kappa shape index (κ2) is 6.06. The zero-order chi connectivity index (χ0) is 14.5. The van der Waals surface area contributed by atoms with Crippen LogP contribution >= 0.6 is 0 Å². The number of hydrogen-bond acceptors (Lipinski definition) is 3. The maximum atomic E-state index is 13.8. The molecule has 0 radical (unpaired) electrons. The number of nitrogens with one attached hydrogen (secondary N) is 1. The van der Waals surface area contributed by atoms with E-state index in [1.165, 1.54) is 12.1 Å². The first-order valence-electron chi connectivity index (χ1n) is 6.06. The van der Waals surface area contributed by atoms with Crippen LogP contribution in [-0.2, 0) is 4.79 Å². The van der Waals surface area contributed by atoms with Crippen LogP contribution in [0.25, 0.3) is 0 Å². The molecular formula is C15H15FN2O2. The van der Waals surface area contributed by atoms with Crippen LogP contribution in [0.4, 0.5) is 10.1 Å². The first-order valence-corrected chi connectivity index (χ1v) is 6.06. The summed E-state index contributed by atoms with van der Waals surface area (Å²) in [5, 5.41) is 2.92. The van der Waals surface area contributed by atoms with Crippen molar-refractivity contribution >= 4 is 11.6 Å². The molecule has 0 aliphatic heterocycles. The third-order valence-electron chi connectivity index (χ3n) is 2.90. The van der Waals surface area contributed by atoms with Gasteiger partial charge in [0.25, 0.3) is 0 Å². The van der Waals surface area contributed by atoms with Crippen molar-refractivity contribution in [3.05, 3.63) is 59.9 Å². The van der Waals surface area contributed by atoms with Crippen LogP contribution in [0.1, 0.15) is 11.6 Å². The summed E-state index contributed by atoms with van der Waals surface area (Å²) >= 11 is 0. The van der Waals surface area contributed by atoms with Gasteiger partial charge in [0.1, 0.15) is 17.6 Å². The molecule has 1 unspecified atom stereocenters. The number of halogens is 1. The highest BCUT2D eigenvalue weighted by Gasteiger charge is 2.20. The van der Waals surface area contributed by atoms with Crippen LogP contribution in [0.15, 0.2) is 48.5 Å². The number of benzene rings is 2. The van der Waals surface area contributed by atoms with Gasteiger partial charge < -0.3 is 15.8 Å². The lowest BCUT2D eigenvalue weighted by Gasteiger charge is -2.18. The van der Waals surface area contributed by atoms with Crippen LogP contribution in [0, 0.1) is 5.82 Å². The molecule has 2 rings (SSSR count). The number of hydrogen-bond donors (Lipinski definition) is 2. The number of amides is 1. The van der Waals surface area contributed by atoms with E-state index in [4.69, 9.17) is 10.5 Å². The molecule has 2 aromatic rings.